The van der Waals surface area contributed by atoms with Crippen LogP contribution in [0.15, 0.2) is 11.6 Å². The molecule has 0 aromatic carbocycles. The summed E-state index contributed by atoms with van der Waals surface area (Å²) in [5, 5.41) is 5.48. The third kappa shape index (κ3) is 3.86. The Morgan fingerprint density at radius 1 is 1.27 bits per heavy atom. The van der Waals surface area contributed by atoms with Crippen LogP contribution in [0, 0.1) is 0 Å². The van der Waals surface area contributed by atoms with E-state index in [1.807, 2.05) is 12.3 Å². The first-order valence-electron chi connectivity index (χ1n) is 8.42. The Hall–Kier alpha value is -0.980. The Balaban J connectivity index is 1.46. The standard InChI is InChI=1S/C16H26N4OS/c1-13(15(21)18-16-17-7-12-22-16)19-10-5-14(6-11-19)20-8-3-2-4-9-20/h7,12-14H,2-6,8-11H2,1H3,(H,17,18,21)/t13-/m1/s1. The number of piperidine rings is 2. The van der Waals surface area contributed by atoms with Gasteiger partial charge < -0.3 is 10.2 Å². The van der Waals surface area contributed by atoms with Gasteiger partial charge in [-0.05, 0) is 45.7 Å². The van der Waals surface area contributed by atoms with Crippen LogP contribution in [0.4, 0.5) is 5.13 Å². The van der Waals surface area contributed by atoms with Crippen LogP contribution < -0.4 is 5.32 Å². The Labute approximate surface area is 136 Å². The molecular weight excluding hydrogens is 296 g/mol. The number of thiazole rings is 1. The van der Waals surface area contributed by atoms with Gasteiger partial charge in [-0.2, -0.15) is 0 Å². The van der Waals surface area contributed by atoms with Crippen LogP contribution in [0.25, 0.3) is 0 Å². The number of hydrogen-bond donors (Lipinski definition) is 1. The zero-order valence-corrected chi connectivity index (χ0v) is 14.1. The van der Waals surface area contributed by atoms with Crippen molar-refractivity contribution in [1.82, 2.24) is 14.8 Å². The molecule has 2 aliphatic heterocycles. The van der Waals surface area contributed by atoms with Crippen molar-refractivity contribution in [3.8, 4) is 0 Å². The van der Waals surface area contributed by atoms with E-state index >= 15 is 0 Å². The summed E-state index contributed by atoms with van der Waals surface area (Å²) in [7, 11) is 0. The number of hydrogen-bond acceptors (Lipinski definition) is 5. The molecule has 3 heterocycles. The molecule has 6 heteroatoms. The van der Waals surface area contributed by atoms with Crippen molar-refractivity contribution in [2.75, 3.05) is 31.5 Å². The maximum Gasteiger partial charge on any atom is 0.243 e. The number of carbonyl (C=O) groups is 1. The molecule has 1 N–H and O–H groups in total. The van der Waals surface area contributed by atoms with E-state index in [0.717, 1.165) is 19.1 Å². The lowest BCUT2D eigenvalue weighted by molar-refractivity contribution is -0.121. The average Bonchev–Trinajstić information content (AvgIpc) is 3.08. The molecule has 0 unspecified atom stereocenters. The fraction of sp³-hybridized carbons (Fsp3) is 0.750. The molecule has 2 fully saturated rings. The van der Waals surface area contributed by atoms with Crippen LogP contribution in [0.1, 0.15) is 39.0 Å². The number of anilines is 1. The third-order valence-corrected chi connectivity index (χ3v) is 5.68. The van der Waals surface area contributed by atoms with Gasteiger partial charge in [-0.3, -0.25) is 9.69 Å². The van der Waals surface area contributed by atoms with Crippen molar-refractivity contribution in [2.45, 2.75) is 51.1 Å². The predicted octanol–water partition coefficient (Wildman–Crippen LogP) is 2.42. The fourth-order valence-corrected chi connectivity index (χ4v) is 4.11. The molecule has 2 saturated heterocycles. The first kappa shape index (κ1) is 15.9. The fourth-order valence-electron chi connectivity index (χ4n) is 3.58. The highest BCUT2D eigenvalue weighted by molar-refractivity contribution is 7.13. The number of carbonyl (C=O) groups excluding carboxylic acids is 1. The molecule has 1 atom stereocenters. The number of aromatic nitrogens is 1. The lowest BCUT2D eigenvalue weighted by Crippen LogP contribution is -2.51. The van der Waals surface area contributed by atoms with E-state index in [9.17, 15) is 4.79 Å². The summed E-state index contributed by atoms with van der Waals surface area (Å²) in [5.74, 6) is 0.0615. The van der Waals surface area contributed by atoms with E-state index in [0.29, 0.717) is 5.13 Å². The molecular formula is C16H26N4OS. The van der Waals surface area contributed by atoms with Crippen molar-refractivity contribution in [2.24, 2.45) is 0 Å². The highest BCUT2D eigenvalue weighted by atomic mass is 32.1. The van der Waals surface area contributed by atoms with Gasteiger partial charge in [0.05, 0.1) is 6.04 Å². The second-order valence-electron chi connectivity index (χ2n) is 6.37. The van der Waals surface area contributed by atoms with Crippen molar-refractivity contribution >= 4 is 22.4 Å². The Morgan fingerprint density at radius 3 is 2.64 bits per heavy atom. The highest BCUT2D eigenvalue weighted by Crippen LogP contribution is 2.22. The van der Waals surface area contributed by atoms with E-state index in [1.165, 1.54) is 56.5 Å². The van der Waals surface area contributed by atoms with E-state index in [-0.39, 0.29) is 11.9 Å². The van der Waals surface area contributed by atoms with Crippen LogP contribution in [0.2, 0.25) is 0 Å². The lowest BCUT2D eigenvalue weighted by atomic mass is 9.99. The molecule has 2 aliphatic rings. The molecule has 0 spiro atoms. The number of amides is 1. The molecule has 3 rings (SSSR count). The van der Waals surface area contributed by atoms with E-state index in [1.54, 1.807) is 6.20 Å². The summed E-state index contributed by atoms with van der Waals surface area (Å²) in [6.45, 7) is 6.58. The van der Waals surface area contributed by atoms with Gasteiger partial charge >= 0.3 is 0 Å². The van der Waals surface area contributed by atoms with Gasteiger partial charge in [0.2, 0.25) is 5.91 Å². The van der Waals surface area contributed by atoms with Crippen LogP contribution in [0.3, 0.4) is 0 Å². The minimum atomic E-state index is -0.0776. The Kier molecular flexibility index (Phi) is 5.44. The van der Waals surface area contributed by atoms with Crippen molar-refractivity contribution in [3.63, 3.8) is 0 Å². The Bertz CT molecular complexity index is 465. The minimum absolute atomic E-state index is 0.0615. The van der Waals surface area contributed by atoms with Crippen LogP contribution in [-0.4, -0.2) is 59.0 Å². The monoisotopic (exact) mass is 322 g/mol. The maximum atomic E-state index is 12.3. The first-order valence-corrected chi connectivity index (χ1v) is 9.30. The molecule has 5 nitrogen and oxygen atoms in total. The van der Waals surface area contributed by atoms with E-state index < -0.39 is 0 Å². The molecule has 1 aromatic heterocycles. The van der Waals surface area contributed by atoms with Crippen molar-refractivity contribution in [1.29, 1.82) is 0 Å². The second kappa shape index (κ2) is 7.53. The molecule has 0 aliphatic carbocycles. The maximum absolute atomic E-state index is 12.3. The lowest BCUT2D eigenvalue weighted by Gasteiger charge is -2.41. The van der Waals surface area contributed by atoms with E-state index in [2.05, 4.69) is 20.1 Å². The summed E-state index contributed by atoms with van der Waals surface area (Å²) in [6, 6.07) is 0.650. The van der Waals surface area contributed by atoms with Gasteiger partial charge in [0.25, 0.3) is 0 Å². The zero-order valence-electron chi connectivity index (χ0n) is 13.3. The number of likely N-dealkylation sites (tertiary alicyclic amines) is 2. The van der Waals surface area contributed by atoms with Crippen molar-refractivity contribution < 1.29 is 4.79 Å². The molecule has 122 valence electrons. The van der Waals surface area contributed by atoms with Crippen LogP contribution in [-0.2, 0) is 4.79 Å². The van der Waals surface area contributed by atoms with Gasteiger partial charge in [0.15, 0.2) is 5.13 Å². The average molecular weight is 322 g/mol. The zero-order chi connectivity index (χ0) is 15.4. The number of rotatable bonds is 4. The summed E-state index contributed by atoms with van der Waals surface area (Å²) < 4.78 is 0. The first-order chi connectivity index (χ1) is 10.7. The minimum Gasteiger partial charge on any atom is -0.301 e. The number of nitrogens with zero attached hydrogens (tertiary/aromatic N) is 3. The molecule has 1 aromatic rings. The molecule has 0 radical (unpaired) electrons. The third-order valence-electron chi connectivity index (χ3n) is 5.00. The van der Waals surface area contributed by atoms with Gasteiger partial charge in [-0.1, -0.05) is 6.42 Å². The SMILES string of the molecule is C[C@H](C(=O)Nc1nccs1)N1CCC(N2CCCCC2)CC1. The van der Waals surface area contributed by atoms with Gasteiger partial charge in [0, 0.05) is 30.7 Å². The largest absolute Gasteiger partial charge is 0.301 e. The van der Waals surface area contributed by atoms with Gasteiger partial charge in [-0.25, -0.2) is 4.98 Å². The van der Waals surface area contributed by atoms with Crippen LogP contribution in [0.5, 0.6) is 0 Å². The molecule has 0 bridgehead atoms. The summed E-state index contributed by atoms with van der Waals surface area (Å²) in [4.78, 5) is 21.4. The second-order valence-corrected chi connectivity index (χ2v) is 7.26. The summed E-state index contributed by atoms with van der Waals surface area (Å²) in [6.07, 6.45) is 8.20. The normalized spacial score (nSPS) is 23.3. The van der Waals surface area contributed by atoms with Crippen LogP contribution >= 0.6 is 11.3 Å². The molecule has 1 amide bonds. The quantitative estimate of drug-likeness (QED) is 0.925. The topological polar surface area (TPSA) is 48.5 Å². The van der Waals surface area contributed by atoms with Gasteiger partial charge in [0.1, 0.15) is 0 Å². The predicted molar refractivity (Wildman–Crippen MR) is 90.2 cm³/mol. The summed E-state index contributed by atoms with van der Waals surface area (Å²) >= 11 is 1.47. The van der Waals surface area contributed by atoms with E-state index in [4.69, 9.17) is 0 Å². The summed E-state index contributed by atoms with van der Waals surface area (Å²) in [5.41, 5.74) is 0. The smallest absolute Gasteiger partial charge is 0.243 e. The molecule has 22 heavy (non-hydrogen) atoms. The molecule has 0 saturated carbocycles. The van der Waals surface area contributed by atoms with Crippen molar-refractivity contribution in [3.05, 3.63) is 11.6 Å². The highest BCUT2D eigenvalue weighted by Gasteiger charge is 2.29. The number of nitrogens with one attached hydrogen (secondary N) is 1. The Morgan fingerprint density at radius 2 is 2.00 bits per heavy atom. The van der Waals surface area contributed by atoms with Gasteiger partial charge in [-0.15, -0.1) is 11.3 Å².